The normalized spacial score (nSPS) is 10.8. The number of phenols is 1. The number of phenolic OH excluding ortho intramolecular Hbond substituents is 1. The first-order valence-electron chi connectivity index (χ1n) is 8.63. The Bertz CT molecular complexity index is 675. The molecule has 0 aliphatic carbocycles. The van der Waals surface area contributed by atoms with Crippen molar-refractivity contribution >= 4 is 17.3 Å². The number of carbonyl (C=O) groups is 1. The Balaban J connectivity index is 2.50. The van der Waals surface area contributed by atoms with Crippen LogP contribution in [0.5, 0.6) is 5.75 Å². The summed E-state index contributed by atoms with van der Waals surface area (Å²) in [7, 11) is 1.36. The maximum Gasteiger partial charge on any atom is 0.342 e. The van der Waals surface area contributed by atoms with E-state index in [1.54, 1.807) is 11.3 Å². The van der Waals surface area contributed by atoms with Crippen LogP contribution in [0.4, 0.5) is 0 Å². The molecule has 1 heterocycles. The lowest BCUT2D eigenvalue weighted by Crippen LogP contribution is -2.08. The van der Waals surface area contributed by atoms with E-state index in [0.29, 0.717) is 5.56 Å². The van der Waals surface area contributed by atoms with Gasteiger partial charge in [0.1, 0.15) is 11.3 Å². The fourth-order valence-electron chi connectivity index (χ4n) is 3.02. The molecule has 4 heteroatoms. The van der Waals surface area contributed by atoms with Crippen LogP contribution in [0.2, 0.25) is 0 Å². The average molecular weight is 346 g/mol. The predicted octanol–water partition coefficient (Wildman–Crippen LogP) is 5.59. The summed E-state index contributed by atoms with van der Waals surface area (Å²) in [5.41, 5.74) is 3.07. The fourth-order valence-corrected chi connectivity index (χ4v) is 3.77. The van der Waals surface area contributed by atoms with Crippen molar-refractivity contribution in [1.82, 2.24) is 0 Å². The van der Waals surface area contributed by atoms with Crippen molar-refractivity contribution in [2.24, 2.45) is 0 Å². The molecular formula is C20H26O3S. The second-order valence-corrected chi connectivity index (χ2v) is 6.87. The first-order chi connectivity index (χ1) is 11.6. The highest BCUT2D eigenvalue weighted by atomic mass is 32.1. The Hall–Kier alpha value is -1.81. The van der Waals surface area contributed by atoms with Gasteiger partial charge in [0.25, 0.3) is 0 Å². The van der Waals surface area contributed by atoms with Crippen molar-refractivity contribution in [1.29, 1.82) is 0 Å². The van der Waals surface area contributed by atoms with Gasteiger partial charge in [-0.05, 0) is 47.9 Å². The molecule has 0 unspecified atom stereocenters. The van der Waals surface area contributed by atoms with Gasteiger partial charge in [-0.3, -0.25) is 0 Å². The van der Waals surface area contributed by atoms with Gasteiger partial charge in [0.2, 0.25) is 0 Å². The monoisotopic (exact) mass is 346 g/mol. The third-order valence-corrected chi connectivity index (χ3v) is 5.24. The first-order valence-corrected chi connectivity index (χ1v) is 9.51. The van der Waals surface area contributed by atoms with Crippen molar-refractivity contribution in [2.45, 2.75) is 52.4 Å². The molecular weight excluding hydrogens is 320 g/mol. The molecule has 0 saturated carbocycles. The molecule has 3 nitrogen and oxygen atoms in total. The Labute approximate surface area is 148 Å². The number of unbranched alkanes of at least 4 members (excludes halogenated alkanes) is 3. The summed E-state index contributed by atoms with van der Waals surface area (Å²) in [5, 5.41) is 12.8. The molecule has 0 fully saturated rings. The smallest absolute Gasteiger partial charge is 0.342 e. The summed E-state index contributed by atoms with van der Waals surface area (Å²) in [5.74, 6) is -0.380. The molecule has 0 bridgehead atoms. The standard InChI is InChI=1S/C20H26O3S/c1-4-6-7-8-10-15-14(5-2)13-16(17-11-9-12-24-17)18(19(15)21)20(22)23-3/h9,11-13,21H,4-8,10H2,1-3H3. The third-order valence-electron chi connectivity index (χ3n) is 4.34. The number of aromatic hydroxyl groups is 1. The molecule has 0 spiro atoms. The van der Waals surface area contributed by atoms with Crippen LogP contribution in [-0.2, 0) is 17.6 Å². The summed E-state index contributed by atoms with van der Waals surface area (Å²) in [4.78, 5) is 13.3. The number of hydrogen-bond acceptors (Lipinski definition) is 4. The lowest BCUT2D eigenvalue weighted by molar-refractivity contribution is 0.0598. The van der Waals surface area contributed by atoms with Gasteiger partial charge in [-0.15, -0.1) is 11.3 Å². The van der Waals surface area contributed by atoms with E-state index in [-0.39, 0.29) is 5.75 Å². The number of ether oxygens (including phenoxy) is 1. The number of benzene rings is 1. The molecule has 0 amide bonds. The topological polar surface area (TPSA) is 46.5 Å². The maximum absolute atomic E-state index is 12.3. The number of esters is 1. The molecule has 2 rings (SSSR count). The molecule has 1 aromatic carbocycles. The lowest BCUT2D eigenvalue weighted by atomic mass is 9.91. The molecule has 0 aliphatic rings. The van der Waals surface area contributed by atoms with Crippen molar-refractivity contribution in [3.63, 3.8) is 0 Å². The van der Waals surface area contributed by atoms with Crippen LogP contribution in [0, 0.1) is 0 Å². The van der Waals surface area contributed by atoms with Gasteiger partial charge in [0, 0.05) is 10.4 Å². The zero-order valence-electron chi connectivity index (χ0n) is 14.7. The third kappa shape index (κ3) is 3.99. The Morgan fingerprint density at radius 1 is 1.25 bits per heavy atom. The number of rotatable bonds is 8. The fraction of sp³-hybridized carbons (Fsp3) is 0.450. The Morgan fingerprint density at radius 3 is 2.62 bits per heavy atom. The highest BCUT2D eigenvalue weighted by Crippen LogP contribution is 2.39. The zero-order chi connectivity index (χ0) is 17.5. The highest BCUT2D eigenvalue weighted by Gasteiger charge is 2.23. The van der Waals surface area contributed by atoms with E-state index >= 15 is 0 Å². The van der Waals surface area contributed by atoms with Gasteiger partial charge in [0.05, 0.1) is 7.11 Å². The zero-order valence-corrected chi connectivity index (χ0v) is 15.5. The minimum Gasteiger partial charge on any atom is -0.507 e. The molecule has 24 heavy (non-hydrogen) atoms. The van der Waals surface area contributed by atoms with Crippen LogP contribution in [-0.4, -0.2) is 18.2 Å². The summed E-state index contributed by atoms with van der Waals surface area (Å²) < 4.78 is 4.93. The van der Waals surface area contributed by atoms with Crippen LogP contribution in [0.3, 0.4) is 0 Å². The van der Waals surface area contributed by atoms with Crippen molar-refractivity contribution in [3.8, 4) is 16.2 Å². The van der Waals surface area contributed by atoms with Gasteiger partial charge < -0.3 is 9.84 Å². The van der Waals surface area contributed by atoms with Crippen molar-refractivity contribution in [3.05, 3.63) is 40.3 Å². The summed E-state index contributed by atoms with van der Waals surface area (Å²) >= 11 is 1.56. The van der Waals surface area contributed by atoms with Gasteiger partial charge in [-0.2, -0.15) is 0 Å². The first kappa shape index (κ1) is 18.5. The molecule has 1 aromatic heterocycles. The SMILES string of the molecule is CCCCCCc1c(CC)cc(-c2cccs2)c(C(=O)OC)c1O. The lowest BCUT2D eigenvalue weighted by Gasteiger charge is -2.17. The van der Waals surface area contributed by atoms with E-state index in [1.807, 2.05) is 23.6 Å². The van der Waals surface area contributed by atoms with E-state index in [0.717, 1.165) is 47.3 Å². The van der Waals surface area contributed by atoms with Crippen LogP contribution in [0.1, 0.15) is 61.0 Å². The highest BCUT2D eigenvalue weighted by molar-refractivity contribution is 7.13. The summed E-state index contributed by atoms with van der Waals surface area (Å²) in [6, 6.07) is 5.96. The van der Waals surface area contributed by atoms with Gasteiger partial charge in [-0.25, -0.2) is 4.79 Å². The summed E-state index contributed by atoms with van der Waals surface area (Å²) in [6.07, 6.45) is 6.16. The molecule has 0 atom stereocenters. The van der Waals surface area contributed by atoms with Crippen LogP contribution < -0.4 is 0 Å². The van der Waals surface area contributed by atoms with Gasteiger partial charge in [-0.1, -0.05) is 39.2 Å². The van der Waals surface area contributed by atoms with E-state index in [9.17, 15) is 9.90 Å². The van der Waals surface area contributed by atoms with E-state index in [2.05, 4.69) is 13.8 Å². The molecule has 0 aliphatic heterocycles. The summed E-state index contributed by atoms with van der Waals surface area (Å²) in [6.45, 7) is 4.26. The second kappa shape index (κ2) is 8.88. The number of carbonyl (C=O) groups excluding carboxylic acids is 1. The average Bonchev–Trinajstić information content (AvgIpc) is 3.13. The van der Waals surface area contributed by atoms with Crippen LogP contribution in [0.25, 0.3) is 10.4 Å². The molecule has 1 N–H and O–H groups in total. The number of hydrogen-bond donors (Lipinski definition) is 1. The van der Waals surface area contributed by atoms with Gasteiger partial charge >= 0.3 is 5.97 Å². The van der Waals surface area contributed by atoms with Crippen molar-refractivity contribution in [2.75, 3.05) is 7.11 Å². The number of methoxy groups -OCH3 is 1. The van der Waals surface area contributed by atoms with E-state index in [1.165, 1.54) is 20.0 Å². The molecule has 130 valence electrons. The number of thiophene rings is 1. The Kier molecular flexibility index (Phi) is 6.85. The van der Waals surface area contributed by atoms with Crippen molar-refractivity contribution < 1.29 is 14.6 Å². The maximum atomic E-state index is 12.3. The quantitative estimate of drug-likeness (QED) is 0.500. The molecule has 2 aromatic rings. The molecule has 0 radical (unpaired) electrons. The van der Waals surface area contributed by atoms with Crippen LogP contribution in [0.15, 0.2) is 23.6 Å². The Morgan fingerprint density at radius 2 is 2.04 bits per heavy atom. The van der Waals surface area contributed by atoms with Crippen LogP contribution >= 0.6 is 11.3 Å². The minimum atomic E-state index is -0.478. The second-order valence-electron chi connectivity index (χ2n) is 5.92. The number of aryl methyl sites for hydroxylation is 1. The van der Waals surface area contributed by atoms with E-state index < -0.39 is 5.97 Å². The van der Waals surface area contributed by atoms with E-state index in [4.69, 9.17) is 4.74 Å². The largest absolute Gasteiger partial charge is 0.507 e. The minimum absolute atomic E-state index is 0.0982. The molecule has 0 saturated heterocycles. The van der Waals surface area contributed by atoms with Gasteiger partial charge in [0.15, 0.2) is 0 Å². The predicted molar refractivity (Wildman–Crippen MR) is 100.0 cm³/mol.